The third kappa shape index (κ3) is 2.98. The van der Waals surface area contributed by atoms with Gasteiger partial charge in [0.25, 0.3) is 5.69 Å². The van der Waals surface area contributed by atoms with Gasteiger partial charge in [0.15, 0.2) is 5.75 Å². The van der Waals surface area contributed by atoms with E-state index in [0.717, 1.165) is 0 Å². The van der Waals surface area contributed by atoms with Crippen LogP contribution in [0.25, 0.3) is 0 Å². The number of hydrogen-bond acceptors (Lipinski definition) is 5. The standard InChI is InChI=1S/C11H11BrF2N2O4/c12-9-7(16(18)19)1-2-8(10(9)20-11(13)14)15-4-3-6(17)5-15/h1-2,6,11,17H,3-5H2/t6-/m1/s1. The number of nitrogens with zero attached hydrogens (tertiary/aromatic N) is 2. The molecule has 6 nitrogen and oxygen atoms in total. The van der Waals surface area contributed by atoms with E-state index in [1.54, 1.807) is 4.90 Å². The fourth-order valence-corrected chi connectivity index (χ4v) is 2.66. The van der Waals surface area contributed by atoms with E-state index in [1.165, 1.54) is 12.1 Å². The van der Waals surface area contributed by atoms with Crippen LogP contribution in [0.5, 0.6) is 5.75 Å². The van der Waals surface area contributed by atoms with E-state index in [2.05, 4.69) is 20.7 Å². The Morgan fingerprint density at radius 1 is 1.55 bits per heavy atom. The minimum Gasteiger partial charge on any atom is -0.431 e. The largest absolute Gasteiger partial charge is 0.431 e. The zero-order chi connectivity index (χ0) is 14.9. The molecule has 1 heterocycles. The summed E-state index contributed by atoms with van der Waals surface area (Å²) in [5.74, 6) is -0.289. The van der Waals surface area contributed by atoms with Crippen LogP contribution in [0.2, 0.25) is 0 Å². The number of ether oxygens (including phenoxy) is 1. The molecule has 0 unspecified atom stereocenters. The number of aliphatic hydroxyl groups excluding tert-OH is 1. The van der Waals surface area contributed by atoms with E-state index in [9.17, 15) is 24.0 Å². The second kappa shape index (κ2) is 5.88. The van der Waals surface area contributed by atoms with Gasteiger partial charge in [-0.05, 0) is 28.4 Å². The zero-order valence-corrected chi connectivity index (χ0v) is 11.7. The van der Waals surface area contributed by atoms with Crippen molar-refractivity contribution in [2.24, 2.45) is 0 Å². The average molecular weight is 353 g/mol. The Balaban J connectivity index is 2.45. The molecule has 0 amide bonds. The topological polar surface area (TPSA) is 75.8 Å². The molecule has 0 radical (unpaired) electrons. The van der Waals surface area contributed by atoms with Crippen molar-refractivity contribution in [3.05, 3.63) is 26.7 Å². The van der Waals surface area contributed by atoms with Crippen molar-refractivity contribution in [3.8, 4) is 5.75 Å². The van der Waals surface area contributed by atoms with Crippen molar-refractivity contribution in [2.75, 3.05) is 18.0 Å². The van der Waals surface area contributed by atoms with Crippen molar-refractivity contribution < 1.29 is 23.5 Å². The first kappa shape index (κ1) is 14.9. The van der Waals surface area contributed by atoms with Crippen molar-refractivity contribution in [1.29, 1.82) is 0 Å². The number of benzene rings is 1. The summed E-state index contributed by atoms with van der Waals surface area (Å²) in [6, 6.07) is 2.56. The Bertz CT molecular complexity index is 529. The van der Waals surface area contributed by atoms with Gasteiger partial charge < -0.3 is 14.7 Å². The van der Waals surface area contributed by atoms with Gasteiger partial charge in [0.2, 0.25) is 0 Å². The molecular formula is C11H11BrF2N2O4. The second-order valence-corrected chi connectivity index (χ2v) is 5.06. The number of anilines is 1. The van der Waals surface area contributed by atoms with Crippen molar-refractivity contribution in [2.45, 2.75) is 19.1 Å². The van der Waals surface area contributed by atoms with Crippen LogP contribution in [0.3, 0.4) is 0 Å². The monoisotopic (exact) mass is 352 g/mol. The molecule has 0 aliphatic carbocycles. The number of nitro groups is 1. The maximum atomic E-state index is 12.5. The lowest BCUT2D eigenvalue weighted by atomic mass is 10.2. The zero-order valence-electron chi connectivity index (χ0n) is 10.1. The van der Waals surface area contributed by atoms with Crippen LogP contribution in [0.4, 0.5) is 20.2 Å². The molecule has 1 atom stereocenters. The van der Waals surface area contributed by atoms with Crippen LogP contribution < -0.4 is 9.64 Å². The number of hydrogen-bond donors (Lipinski definition) is 1. The maximum Gasteiger partial charge on any atom is 0.387 e. The van der Waals surface area contributed by atoms with E-state index in [-0.39, 0.29) is 22.5 Å². The quantitative estimate of drug-likeness (QED) is 0.665. The molecule has 1 fully saturated rings. The maximum absolute atomic E-state index is 12.5. The summed E-state index contributed by atoms with van der Waals surface area (Å²) in [6.45, 7) is -2.37. The molecule has 1 aromatic carbocycles. The number of β-amino-alcohol motifs (C(OH)–C–C–N with tert-alkyl or cyclic N) is 1. The normalized spacial score (nSPS) is 18.6. The van der Waals surface area contributed by atoms with E-state index < -0.39 is 17.6 Å². The highest BCUT2D eigenvalue weighted by Gasteiger charge is 2.28. The highest BCUT2D eigenvalue weighted by atomic mass is 79.9. The molecule has 1 aliphatic heterocycles. The van der Waals surface area contributed by atoms with Crippen LogP contribution in [0.15, 0.2) is 16.6 Å². The molecule has 1 saturated heterocycles. The third-order valence-electron chi connectivity index (χ3n) is 2.96. The Kier molecular flexibility index (Phi) is 4.39. The number of aliphatic hydroxyl groups is 1. The van der Waals surface area contributed by atoms with E-state index in [0.29, 0.717) is 18.7 Å². The predicted octanol–water partition coefficient (Wildman–Crippen LogP) is 2.53. The summed E-state index contributed by atoms with van der Waals surface area (Å²) in [6.07, 6.45) is -0.0497. The Morgan fingerprint density at radius 2 is 2.25 bits per heavy atom. The van der Waals surface area contributed by atoms with Crippen LogP contribution in [-0.4, -0.2) is 35.8 Å². The van der Waals surface area contributed by atoms with Gasteiger partial charge >= 0.3 is 6.61 Å². The number of rotatable bonds is 4. The van der Waals surface area contributed by atoms with E-state index >= 15 is 0 Å². The molecule has 0 aromatic heterocycles. The lowest BCUT2D eigenvalue weighted by molar-refractivity contribution is -0.385. The second-order valence-electron chi connectivity index (χ2n) is 4.27. The van der Waals surface area contributed by atoms with Crippen LogP contribution in [0.1, 0.15) is 6.42 Å². The van der Waals surface area contributed by atoms with Gasteiger partial charge in [0, 0.05) is 19.2 Å². The minimum absolute atomic E-state index is 0.137. The Hall–Kier alpha value is -1.48. The van der Waals surface area contributed by atoms with Crippen molar-refractivity contribution >= 4 is 27.3 Å². The van der Waals surface area contributed by atoms with Crippen LogP contribution >= 0.6 is 15.9 Å². The molecule has 1 aliphatic rings. The summed E-state index contributed by atoms with van der Waals surface area (Å²) in [5.41, 5.74) is -0.0662. The lowest BCUT2D eigenvalue weighted by Gasteiger charge is -2.22. The molecule has 0 saturated carbocycles. The van der Waals surface area contributed by atoms with Gasteiger partial charge in [-0.25, -0.2) is 0 Å². The summed E-state index contributed by atoms with van der Waals surface area (Å²) in [4.78, 5) is 11.8. The molecule has 1 N–H and O–H groups in total. The smallest absolute Gasteiger partial charge is 0.387 e. The fraction of sp³-hybridized carbons (Fsp3) is 0.455. The fourth-order valence-electron chi connectivity index (χ4n) is 2.09. The predicted molar refractivity (Wildman–Crippen MR) is 70.3 cm³/mol. The van der Waals surface area contributed by atoms with Gasteiger partial charge in [-0.15, -0.1) is 0 Å². The lowest BCUT2D eigenvalue weighted by Crippen LogP contribution is -2.22. The Morgan fingerprint density at radius 3 is 2.75 bits per heavy atom. The first-order chi connectivity index (χ1) is 9.40. The number of nitro benzene ring substituents is 1. The van der Waals surface area contributed by atoms with Gasteiger partial charge in [-0.3, -0.25) is 10.1 Å². The molecule has 1 aromatic rings. The van der Waals surface area contributed by atoms with Gasteiger partial charge in [-0.1, -0.05) is 0 Å². The molecular weight excluding hydrogens is 342 g/mol. The van der Waals surface area contributed by atoms with Crippen LogP contribution in [0, 0.1) is 10.1 Å². The van der Waals surface area contributed by atoms with Gasteiger partial charge in [0.05, 0.1) is 16.7 Å². The SMILES string of the molecule is O=[N+]([O-])c1ccc(N2CC[C@@H](O)C2)c(OC(F)F)c1Br. The number of alkyl halides is 2. The van der Waals surface area contributed by atoms with E-state index in [4.69, 9.17) is 0 Å². The van der Waals surface area contributed by atoms with Crippen molar-refractivity contribution in [3.63, 3.8) is 0 Å². The van der Waals surface area contributed by atoms with Gasteiger partial charge in [0.1, 0.15) is 4.47 Å². The van der Waals surface area contributed by atoms with Crippen LogP contribution in [-0.2, 0) is 0 Å². The Labute approximate surface area is 121 Å². The summed E-state index contributed by atoms with van der Waals surface area (Å²) in [7, 11) is 0. The molecule has 0 spiro atoms. The summed E-state index contributed by atoms with van der Waals surface area (Å²) in [5, 5.41) is 20.3. The van der Waals surface area contributed by atoms with Crippen molar-refractivity contribution in [1.82, 2.24) is 0 Å². The van der Waals surface area contributed by atoms with E-state index in [1.807, 2.05) is 0 Å². The molecule has 20 heavy (non-hydrogen) atoms. The molecule has 0 bridgehead atoms. The molecule has 2 rings (SSSR count). The molecule has 9 heteroatoms. The first-order valence-corrected chi connectivity index (χ1v) is 6.54. The number of halogens is 3. The summed E-state index contributed by atoms with van der Waals surface area (Å²) >= 11 is 2.93. The first-order valence-electron chi connectivity index (χ1n) is 5.75. The molecule has 110 valence electrons. The average Bonchev–Trinajstić information content (AvgIpc) is 2.77. The van der Waals surface area contributed by atoms with Gasteiger partial charge in [-0.2, -0.15) is 8.78 Å². The highest BCUT2D eigenvalue weighted by Crippen LogP contribution is 2.43. The summed E-state index contributed by atoms with van der Waals surface area (Å²) < 4.78 is 29.3. The third-order valence-corrected chi connectivity index (χ3v) is 3.73. The highest BCUT2D eigenvalue weighted by molar-refractivity contribution is 9.10. The minimum atomic E-state index is -3.10.